The van der Waals surface area contributed by atoms with Crippen LogP contribution in [0.5, 0.6) is 0 Å². The van der Waals surface area contributed by atoms with E-state index in [9.17, 15) is 19.2 Å². The summed E-state index contributed by atoms with van der Waals surface area (Å²) in [5, 5.41) is 9.48. The summed E-state index contributed by atoms with van der Waals surface area (Å²) in [6.45, 7) is 9.86. The maximum atomic E-state index is 14.3. The van der Waals surface area contributed by atoms with Crippen LogP contribution in [0.25, 0.3) is 21.8 Å². The number of aromatic nitrogens is 3. The number of piperazine rings is 1. The summed E-state index contributed by atoms with van der Waals surface area (Å²) in [4.78, 5) is 64.6. The normalized spacial score (nSPS) is 18.8. The summed E-state index contributed by atoms with van der Waals surface area (Å²) in [6.07, 6.45) is 5.99. The summed E-state index contributed by atoms with van der Waals surface area (Å²) in [6, 6.07) is 13.3. The summed E-state index contributed by atoms with van der Waals surface area (Å²) >= 11 is 0. The molecule has 282 valence electrons. The third-order valence-electron chi connectivity index (χ3n) is 11.5. The van der Waals surface area contributed by atoms with E-state index in [0.29, 0.717) is 57.9 Å². The van der Waals surface area contributed by atoms with E-state index < -0.39 is 6.04 Å². The van der Waals surface area contributed by atoms with Gasteiger partial charge in [0.25, 0.3) is 5.56 Å². The van der Waals surface area contributed by atoms with Gasteiger partial charge < -0.3 is 29.7 Å². The van der Waals surface area contributed by atoms with Crippen LogP contribution < -0.4 is 10.9 Å². The molecule has 0 spiro atoms. The van der Waals surface area contributed by atoms with E-state index >= 15 is 0 Å². The number of nitrogens with zero attached hydrogens (tertiary/aromatic N) is 6. The van der Waals surface area contributed by atoms with Gasteiger partial charge in [-0.25, -0.2) is 9.48 Å². The molecule has 2 aromatic carbocycles. The summed E-state index contributed by atoms with van der Waals surface area (Å²) in [7, 11) is 2.17. The van der Waals surface area contributed by atoms with Gasteiger partial charge in [0.1, 0.15) is 6.04 Å². The number of hydrogen-bond donors (Lipinski definition) is 2. The molecule has 4 aromatic rings. The van der Waals surface area contributed by atoms with Crippen molar-refractivity contribution in [3.8, 4) is 0 Å². The van der Waals surface area contributed by atoms with Crippen LogP contribution in [0.15, 0.2) is 53.5 Å². The number of pyridine rings is 1. The lowest BCUT2D eigenvalue weighted by Gasteiger charge is -2.43. The second-order valence-corrected chi connectivity index (χ2v) is 15.0. The average molecular weight is 725 g/mol. The van der Waals surface area contributed by atoms with Crippen molar-refractivity contribution in [2.24, 2.45) is 0 Å². The van der Waals surface area contributed by atoms with E-state index in [2.05, 4.69) is 32.2 Å². The molecule has 3 amide bonds. The van der Waals surface area contributed by atoms with Crippen molar-refractivity contribution in [3.05, 3.63) is 75.7 Å². The number of fused-ring (bicyclic) bond motifs is 2. The number of carbonyl (C=O) groups excluding carboxylic acids is 3. The highest BCUT2D eigenvalue weighted by Crippen LogP contribution is 2.28. The molecule has 2 aromatic heterocycles. The highest BCUT2D eigenvalue weighted by Gasteiger charge is 2.34. The number of nitrogens with one attached hydrogen (secondary N) is 2. The average Bonchev–Trinajstić information content (AvgIpc) is 3.60. The number of carbonyl (C=O) groups is 3. The quantitative estimate of drug-likeness (QED) is 0.249. The SMILES string of the molecule is CCC(=O)OCn1ncc2cc(CC(NC(=O)N3CCC(c4cc5ccccc5[nH]c4=O)CC3)C(=O)N3CCN(C4CCN(C)CC4)CC3)cc(C)c21. The molecule has 7 rings (SSSR count). The van der Waals surface area contributed by atoms with Gasteiger partial charge >= 0.3 is 12.0 Å². The largest absolute Gasteiger partial charge is 0.442 e. The Kier molecular flexibility index (Phi) is 11.1. The monoisotopic (exact) mass is 724 g/mol. The van der Waals surface area contributed by atoms with Crippen LogP contribution in [0.4, 0.5) is 4.79 Å². The molecule has 1 unspecified atom stereocenters. The first-order chi connectivity index (χ1) is 25.7. The number of para-hydroxylation sites is 1. The predicted octanol–water partition coefficient (Wildman–Crippen LogP) is 3.84. The van der Waals surface area contributed by atoms with Gasteiger partial charge in [-0.2, -0.15) is 5.10 Å². The van der Waals surface area contributed by atoms with Crippen LogP contribution in [0, 0.1) is 6.92 Å². The van der Waals surface area contributed by atoms with Crippen molar-refractivity contribution in [3.63, 3.8) is 0 Å². The maximum absolute atomic E-state index is 14.3. The number of amides is 3. The molecule has 53 heavy (non-hydrogen) atoms. The lowest BCUT2D eigenvalue weighted by molar-refractivity contribution is -0.147. The third-order valence-corrected chi connectivity index (χ3v) is 11.5. The molecule has 13 nitrogen and oxygen atoms in total. The molecule has 5 heterocycles. The Morgan fingerprint density at radius 1 is 0.925 bits per heavy atom. The number of hydrogen-bond acceptors (Lipinski definition) is 8. The number of H-pyrrole nitrogens is 1. The summed E-state index contributed by atoms with van der Waals surface area (Å²) in [5.74, 6) is -0.315. The molecule has 0 bridgehead atoms. The number of likely N-dealkylation sites (tertiary alicyclic amines) is 2. The zero-order chi connectivity index (χ0) is 37.1. The van der Waals surface area contributed by atoms with Crippen molar-refractivity contribution >= 4 is 39.7 Å². The second kappa shape index (κ2) is 16.1. The van der Waals surface area contributed by atoms with Crippen LogP contribution in [0.1, 0.15) is 61.6 Å². The molecule has 2 N–H and O–H groups in total. The van der Waals surface area contributed by atoms with Gasteiger partial charge in [-0.15, -0.1) is 0 Å². The first-order valence-electron chi connectivity index (χ1n) is 19.2. The van der Waals surface area contributed by atoms with Crippen molar-refractivity contribution in [1.82, 2.24) is 39.7 Å². The summed E-state index contributed by atoms with van der Waals surface area (Å²) in [5.41, 5.74) is 4.22. The maximum Gasteiger partial charge on any atom is 0.318 e. The lowest BCUT2D eigenvalue weighted by atomic mass is 9.89. The van der Waals surface area contributed by atoms with Gasteiger partial charge in [-0.05, 0) is 93.4 Å². The van der Waals surface area contributed by atoms with Crippen LogP contribution >= 0.6 is 0 Å². The molecule has 0 radical (unpaired) electrons. The predicted molar refractivity (Wildman–Crippen MR) is 204 cm³/mol. The van der Waals surface area contributed by atoms with E-state index in [1.165, 1.54) is 0 Å². The number of piperidine rings is 2. The molecular weight excluding hydrogens is 672 g/mol. The number of esters is 1. The molecule has 3 aliphatic heterocycles. The molecule has 3 saturated heterocycles. The second-order valence-electron chi connectivity index (χ2n) is 15.0. The molecule has 3 fully saturated rings. The van der Waals surface area contributed by atoms with E-state index in [4.69, 9.17) is 4.74 Å². The smallest absolute Gasteiger partial charge is 0.318 e. The van der Waals surface area contributed by atoms with Crippen LogP contribution in [-0.4, -0.2) is 124 Å². The van der Waals surface area contributed by atoms with Crippen LogP contribution in [0.2, 0.25) is 0 Å². The molecule has 13 heteroatoms. The van der Waals surface area contributed by atoms with Gasteiger partial charge in [0, 0.05) is 74.6 Å². The lowest BCUT2D eigenvalue weighted by Crippen LogP contribution is -2.59. The van der Waals surface area contributed by atoms with Crippen LogP contribution in [0.3, 0.4) is 0 Å². The number of urea groups is 1. The molecule has 0 saturated carbocycles. The van der Waals surface area contributed by atoms with Gasteiger partial charge in [-0.1, -0.05) is 31.2 Å². The third kappa shape index (κ3) is 8.26. The standard InChI is InChI=1S/C40H52N8O5/c1-4-36(49)53-26-48-37-27(2)21-28(22-31(37)25-41-48)23-35(39(51)46-19-17-45(18-20-46)32-11-13-44(3)14-12-32)43-40(52)47-15-9-29(10-16-47)33-24-30-7-5-6-8-34(30)42-38(33)50/h5-8,21-22,24-25,29,32,35H,4,9-20,23,26H2,1-3H3,(H,42,50)(H,43,52). The number of rotatable bonds is 9. The topological polar surface area (TPSA) is 136 Å². The molecule has 0 aliphatic carbocycles. The van der Waals surface area contributed by atoms with Crippen LogP contribution in [-0.2, 0) is 27.5 Å². The van der Waals surface area contributed by atoms with Crippen molar-refractivity contribution < 1.29 is 19.1 Å². The fourth-order valence-electron chi connectivity index (χ4n) is 8.40. The van der Waals surface area contributed by atoms with Gasteiger partial charge in [0.2, 0.25) is 5.91 Å². The Morgan fingerprint density at radius 2 is 1.66 bits per heavy atom. The van der Waals surface area contributed by atoms with Gasteiger partial charge in [0.05, 0.1) is 11.7 Å². The minimum absolute atomic E-state index is 0.0308. The Labute approximate surface area is 310 Å². The number of ether oxygens (including phenoxy) is 1. The Morgan fingerprint density at radius 3 is 2.40 bits per heavy atom. The molecule has 3 aliphatic rings. The first kappa shape index (κ1) is 36.6. The molecule has 1 atom stereocenters. The summed E-state index contributed by atoms with van der Waals surface area (Å²) < 4.78 is 7.01. The highest BCUT2D eigenvalue weighted by atomic mass is 16.5. The fraction of sp³-hybridized carbons (Fsp3) is 0.525. The van der Waals surface area contributed by atoms with Crippen molar-refractivity contribution in [2.75, 3.05) is 59.4 Å². The number of benzene rings is 2. The Balaban J connectivity index is 1.05. The highest BCUT2D eigenvalue weighted by molar-refractivity contribution is 5.88. The number of aryl methyl sites for hydroxylation is 1. The zero-order valence-corrected chi connectivity index (χ0v) is 31.2. The Hall–Kier alpha value is -4.75. The van der Waals surface area contributed by atoms with E-state index in [-0.39, 0.29) is 36.1 Å². The van der Waals surface area contributed by atoms with Crippen molar-refractivity contribution in [1.29, 1.82) is 0 Å². The van der Waals surface area contributed by atoms with Crippen molar-refractivity contribution in [2.45, 2.75) is 77.1 Å². The number of aromatic amines is 1. The zero-order valence-electron chi connectivity index (χ0n) is 31.2. The Bertz CT molecular complexity index is 2000. The van der Waals surface area contributed by atoms with Gasteiger partial charge in [0.15, 0.2) is 6.73 Å². The van der Waals surface area contributed by atoms with E-state index in [1.807, 2.05) is 54.3 Å². The molecular formula is C40H52N8O5. The fourth-order valence-corrected chi connectivity index (χ4v) is 8.40. The van der Waals surface area contributed by atoms with E-state index in [1.54, 1.807) is 22.7 Å². The minimum atomic E-state index is -0.754. The van der Waals surface area contributed by atoms with E-state index in [0.717, 1.165) is 77.5 Å². The minimum Gasteiger partial charge on any atom is -0.442 e. The first-order valence-corrected chi connectivity index (χ1v) is 19.2. The van der Waals surface area contributed by atoms with Gasteiger partial charge in [-0.3, -0.25) is 19.3 Å².